The van der Waals surface area contributed by atoms with Gasteiger partial charge < -0.3 is 10.6 Å². The first-order chi connectivity index (χ1) is 11.3. The molecule has 2 rings (SSSR count). The van der Waals surface area contributed by atoms with Crippen LogP contribution >= 0.6 is 0 Å². The summed E-state index contributed by atoms with van der Waals surface area (Å²) >= 11 is 0. The molecule has 0 bridgehead atoms. The molecule has 1 aromatic rings. The fourth-order valence-electron chi connectivity index (χ4n) is 2.74. The molecule has 0 spiro atoms. The molecule has 1 aromatic carbocycles. The third kappa shape index (κ3) is 6.19. The molecule has 3 amide bonds. The number of carbonyl (C=O) groups excluding carboxylic acids is 2. The summed E-state index contributed by atoms with van der Waals surface area (Å²) in [6.07, 6.45) is 5.23. The van der Waals surface area contributed by atoms with Crippen molar-refractivity contribution in [1.82, 2.24) is 10.6 Å². The van der Waals surface area contributed by atoms with E-state index in [9.17, 15) is 18.0 Å². The summed E-state index contributed by atoms with van der Waals surface area (Å²) < 4.78 is 22.9. The number of benzene rings is 1. The quantitative estimate of drug-likeness (QED) is 0.717. The Morgan fingerprint density at radius 3 is 2.50 bits per heavy atom. The number of imide groups is 1. The lowest BCUT2D eigenvalue weighted by atomic mass is 10.2. The van der Waals surface area contributed by atoms with Gasteiger partial charge in [-0.2, -0.15) is 0 Å². The van der Waals surface area contributed by atoms with Crippen LogP contribution in [-0.2, 0) is 20.4 Å². The van der Waals surface area contributed by atoms with Crippen LogP contribution in [0.2, 0.25) is 0 Å². The Morgan fingerprint density at radius 2 is 1.83 bits per heavy atom. The van der Waals surface area contributed by atoms with Crippen molar-refractivity contribution in [2.45, 2.75) is 37.5 Å². The number of rotatable bonds is 6. The lowest BCUT2D eigenvalue weighted by molar-refractivity contribution is -0.118. The van der Waals surface area contributed by atoms with Gasteiger partial charge in [-0.3, -0.25) is 10.1 Å². The Kier molecular flexibility index (Phi) is 6.19. The molecule has 0 aliphatic heterocycles. The minimum absolute atomic E-state index is 0.111. The summed E-state index contributed by atoms with van der Waals surface area (Å²) in [5, 5.41) is 7.93. The predicted octanol–water partition coefficient (Wildman–Crippen LogP) is 1.41. The fourth-order valence-corrected chi connectivity index (χ4v) is 3.56. The van der Waals surface area contributed by atoms with Crippen molar-refractivity contribution >= 4 is 27.5 Å². The number of para-hydroxylation sites is 1. The molecule has 0 atom stereocenters. The van der Waals surface area contributed by atoms with E-state index >= 15 is 0 Å². The maximum Gasteiger partial charge on any atom is 0.321 e. The van der Waals surface area contributed by atoms with Crippen molar-refractivity contribution in [3.05, 3.63) is 29.8 Å². The molecule has 0 aromatic heterocycles. The fraction of sp³-hybridized carbons (Fsp3) is 0.500. The summed E-state index contributed by atoms with van der Waals surface area (Å²) in [6.45, 7) is -0.112. The minimum Gasteiger partial charge on any atom is -0.376 e. The van der Waals surface area contributed by atoms with E-state index in [1.807, 2.05) is 0 Å². The topological polar surface area (TPSA) is 104 Å². The zero-order valence-corrected chi connectivity index (χ0v) is 14.5. The number of hydrogen-bond acceptors (Lipinski definition) is 5. The van der Waals surface area contributed by atoms with Crippen molar-refractivity contribution in [2.24, 2.45) is 0 Å². The van der Waals surface area contributed by atoms with Gasteiger partial charge in [-0.1, -0.05) is 31.0 Å². The van der Waals surface area contributed by atoms with Gasteiger partial charge in [0.1, 0.15) is 0 Å². The van der Waals surface area contributed by atoms with E-state index in [4.69, 9.17) is 0 Å². The molecule has 3 N–H and O–H groups in total. The average molecular weight is 353 g/mol. The summed E-state index contributed by atoms with van der Waals surface area (Å²) in [4.78, 5) is 23.6. The number of urea groups is 1. The number of anilines is 1. The number of sulfone groups is 1. The Labute approximate surface area is 142 Å². The van der Waals surface area contributed by atoms with Crippen LogP contribution in [0.1, 0.15) is 31.2 Å². The maximum atomic E-state index is 11.8. The second-order valence-corrected chi connectivity index (χ2v) is 8.22. The Morgan fingerprint density at radius 1 is 1.17 bits per heavy atom. The molecule has 24 heavy (non-hydrogen) atoms. The van der Waals surface area contributed by atoms with Gasteiger partial charge in [0.15, 0.2) is 9.84 Å². The van der Waals surface area contributed by atoms with Crippen LogP contribution in [0.15, 0.2) is 24.3 Å². The van der Waals surface area contributed by atoms with Crippen molar-refractivity contribution in [3.63, 3.8) is 0 Å². The average Bonchev–Trinajstić information content (AvgIpc) is 2.97. The molecule has 1 aliphatic rings. The maximum absolute atomic E-state index is 11.8. The molecule has 132 valence electrons. The van der Waals surface area contributed by atoms with Gasteiger partial charge in [0, 0.05) is 18.0 Å². The number of carbonyl (C=O) groups is 2. The first kappa shape index (κ1) is 18.3. The van der Waals surface area contributed by atoms with E-state index < -0.39 is 21.8 Å². The molecule has 1 saturated carbocycles. The third-order valence-corrected chi connectivity index (χ3v) is 4.65. The molecule has 8 heteroatoms. The second kappa shape index (κ2) is 8.14. The first-order valence-electron chi connectivity index (χ1n) is 7.93. The molecule has 0 saturated heterocycles. The minimum atomic E-state index is -3.18. The molecule has 1 fully saturated rings. The number of hydrogen-bond donors (Lipinski definition) is 3. The largest absolute Gasteiger partial charge is 0.376 e. The van der Waals surface area contributed by atoms with Gasteiger partial charge in [-0.05, 0) is 24.5 Å². The van der Waals surface area contributed by atoms with Gasteiger partial charge in [0.05, 0.1) is 12.3 Å². The Hall–Kier alpha value is -2.09. The van der Waals surface area contributed by atoms with E-state index in [1.54, 1.807) is 24.3 Å². The van der Waals surface area contributed by atoms with Crippen LogP contribution in [0.4, 0.5) is 10.5 Å². The van der Waals surface area contributed by atoms with Gasteiger partial charge >= 0.3 is 6.03 Å². The van der Waals surface area contributed by atoms with Crippen molar-refractivity contribution in [3.8, 4) is 0 Å². The highest BCUT2D eigenvalue weighted by molar-refractivity contribution is 7.89. The molecule has 0 unspecified atom stereocenters. The summed E-state index contributed by atoms with van der Waals surface area (Å²) in [6, 6.07) is 6.53. The van der Waals surface area contributed by atoms with Gasteiger partial charge in [-0.25, -0.2) is 13.2 Å². The van der Waals surface area contributed by atoms with Gasteiger partial charge in [-0.15, -0.1) is 0 Å². The Bertz CT molecular complexity index is 697. The monoisotopic (exact) mass is 353 g/mol. The first-order valence-corrected chi connectivity index (χ1v) is 9.99. The molecule has 1 aliphatic carbocycles. The zero-order valence-electron chi connectivity index (χ0n) is 13.7. The standard InChI is InChI=1S/C16H23N3O4S/c1-24(22,23)11-12-6-2-5-9-14(12)17-10-15(20)19-16(21)18-13-7-3-4-8-13/h2,5-6,9,13,17H,3-4,7-8,10-11H2,1H3,(H2,18,19,20,21). The van der Waals surface area contributed by atoms with Crippen LogP contribution in [0.5, 0.6) is 0 Å². The second-order valence-electron chi connectivity index (χ2n) is 6.08. The molecular formula is C16H23N3O4S. The molecular weight excluding hydrogens is 330 g/mol. The normalized spacial score (nSPS) is 15.0. The van der Waals surface area contributed by atoms with E-state index in [-0.39, 0.29) is 18.3 Å². The summed E-state index contributed by atoms with van der Waals surface area (Å²) in [5.41, 5.74) is 1.15. The van der Waals surface area contributed by atoms with Gasteiger partial charge in [0.25, 0.3) is 0 Å². The van der Waals surface area contributed by atoms with Crippen LogP contribution < -0.4 is 16.0 Å². The third-order valence-electron chi connectivity index (χ3n) is 3.82. The van der Waals surface area contributed by atoms with Crippen molar-refractivity contribution < 1.29 is 18.0 Å². The highest BCUT2D eigenvalue weighted by Crippen LogP contribution is 2.18. The summed E-state index contributed by atoms with van der Waals surface area (Å²) in [5.74, 6) is -0.584. The SMILES string of the molecule is CS(=O)(=O)Cc1ccccc1NCC(=O)NC(=O)NC1CCCC1. The van der Waals surface area contributed by atoms with Crippen molar-refractivity contribution in [2.75, 3.05) is 18.1 Å². The smallest absolute Gasteiger partial charge is 0.321 e. The Balaban J connectivity index is 1.84. The number of nitrogens with one attached hydrogen (secondary N) is 3. The van der Waals surface area contributed by atoms with Gasteiger partial charge in [0.2, 0.25) is 5.91 Å². The van der Waals surface area contributed by atoms with Crippen LogP contribution in [0.3, 0.4) is 0 Å². The van der Waals surface area contributed by atoms with E-state index in [0.29, 0.717) is 11.3 Å². The highest BCUT2D eigenvalue weighted by Gasteiger charge is 2.18. The lowest BCUT2D eigenvalue weighted by Gasteiger charge is -2.14. The summed E-state index contributed by atoms with van der Waals surface area (Å²) in [7, 11) is -3.18. The van der Waals surface area contributed by atoms with E-state index in [0.717, 1.165) is 31.9 Å². The molecule has 7 nitrogen and oxygen atoms in total. The van der Waals surface area contributed by atoms with Crippen LogP contribution in [0, 0.1) is 0 Å². The molecule has 0 heterocycles. The number of amides is 3. The highest BCUT2D eigenvalue weighted by atomic mass is 32.2. The van der Waals surface area contributed by atoms with Crippen LogP contribution in [-0.4, -0.2) is 39.2 Å². The predicted molar refractivity (Wildman–Crippen MR) is 92.4 cm³/mol. The van der Waals surface area contributed by atoms with Crippen LogP contribution in [0.25, 0.3) is 0 Å². The zero-order chi connectivity index (χ0) is 17.6. The molecule has 0 radical (unpaired) electrons. The lowest BCUT2D eigenvalue weighted by Crippen LogP contribution is -2.45. The van der Waals surface area contributed by atoms with Crippen molar-refractivity contribution in [1.29, 1.82) is 0 Å². The van der Waals surface area contributed by atoms with E-state index in [1.165, 1.54) is 0 Å². The van der Waals surface area contributed by atoms with E-state index in [2.05, 4.69) is 16.0 Å².